The number of carbonyl (C=O) groups is 1. The lowest BCUT2D eigenvalue weighted by Crippen LogP contribution is -2.51. The monoisotopic (exact) mass is 300 g/mol. The highest BCUT2D eigenvalue weighted by Gasteiger charge is 2.54. The van der Waals surface area contributed by atoms with E-state index in [1.54, 1.807) is 6.26 Å². The van der Waals surface area contributed by atoms with Gasteiger partial charge in [0.1, 0.15) is 0 Å². The third-order valence-corrected chi connectivity index (χ3v) is 7.00. The van der Waals surface area contributed by atoms with E-state index in [4.69, 9.17) is 4.42 Å². The predicted molar refractivity (Wildman–Crippen MR) is 88.5 cm³/mol. The van der Waals surface area contributed by atoms with Crippen LogP contribution in [0.2, 0.25) is 0 Å². The van der Waals surface area contributed by atoms with E-state index in [1.807, 2.05) is 12.3 Å². The van der Waals surface area contributed by atoms with Gasteiger partial charge in [0.05, 0.1) is 12.5 Å². The van der Waals surface area contributed by atoms with Crippen molar-refractivity contribution in [3.63, 3.8) is 0 Å². The van der Waals surface area contributed by atoms with Gasteiger partial charge in [0.2, 0.25) is 0 Å². The molecule has 1 heterocycles. The summed E-state index contributed by atoms with van der Waals surface area (Å²) in [5.41, 5.74) is 2.99. The van der Waals surface area contributed by atoms with Crippen LogP contribution in [0.4, 0.5) is 0 Å². The Morgan fingerprint density at radius 2 is 2.14 bits per heavy atom. The van der Waals surface area contributed by atoms with Crippen molar-refractivity contribution in [2.75, 3.05) is 0 Å². The molecule has 4 unspecified atom stereocenters. The molecule has 0 spiro atoms. The van der Waals surface area contributed by atoms with Crippen LogP contribution in [-0.4, -0.2) is 5.78 Å². The lowest BCUT2D eigenvalue weighted by atomic mass is 9.47. The van der Waals surface area contributed by atoms with Crippen molar-refractivity contribution >= 4 is 5.78 Å². The van der Waals surface area contributed by atoms with Crippen LogP contribution in [0.25, 0.3) is 0 Å². The van der Waals surface area contributed by atoms with Crippen molar-refractivity contribution in [2.24, 2.45) is 22.7 Å². The zero-order valence-electron chi connectivity index (χ0n) is 14.3. The van der Waals surface area contributed by atoms with Crippen LogP contribution in [0.1, 0.15) is 58.9 Å². The Morgan fingerprint density at radius 1 is 1.36 bits per heavy atom. The third kappa shape index (κ3) is 2.37. The van der Waals surface area contributed by atoms with Crippen molar-refractivity contribution in [1.82, 2.24) is 0 Å². The summed E-state index contributed by atoms with van der Waals surface area (Å²) in [6.45, 7) is 9.35. The molecule has 2 aliphatic carbocycles. The van der Waals surface area contributed by atoms with E-state index in [0.29, 0.717) is 17.6 Å². The van der Waals surface area contributed by atoms with Gasteiger partial charge in [-0.25, -0.2) is 0 Å². The van der Waals surface area contributed by atoms with Gasteiger partial charge in [-0.2, -0.15) is 0 Å². The molecule has 1 aromatic heterocycles. The number of carbonyl (C=O) groups excluding carboxylic acids is 1. The Balaban J connectivity index is 1.90. The highest BCUT2D eigenvalue weighted by molar-refractivity contribution is 5.92. The zero-order chi connectivity index (χ0) is 16.0. The largest absolute Gasteiger partial charge is 0.472 e. The zero-order valence-corrected chi connectivity index (χ0v) is 14.3. The average molecular weight is 300 g/mol. The highest BCUT2D eigenvalue weighted by Crippen LogP contribution is 2.61. The molecular weight excluding hydrogens is 272 g/mol. The molecule has 1 fully saturated rings. The van der Waals surface area contributed by atoms with Gasteiger partial charge in [-0.3, -0.25) is 4.79 Å². The second kappa shape index (κ2) is 5.40. The number of aryl methyl sites for hydroxylation is 1. The molecular formula is C20H28O2. The number of rotatable bonds is 3. The van der Waals surface area contributed by atoms with Crippen molar-refractivity contribution in [1.29, 1.82) is 0 Å². The highest BCUT2D eigenvalue weighted by atomic mass is 16.3. The Morgan fingerprint density at radius 3 is 2.82 bits per heavy atom. The molecule has 0 saturated heterocycles. The van der Waals surface area contributed by atoms with Gasteiger partial charge in [-0.05, 0) is 73.0 Å². The molecule has 1 saturated carbocycles. The van der Waals surface area contributed by atoms with Gasteiger partial charge in [0.25, 0.3) is 0 Å². The quantitative estimate of drug-likeness (QED) is 0.769. The van der Waals surface area contributed by atoms with Crippen LogP contribution in [0.3, 0.4) is 0 Å². The molecule has 3 rings (SSSR count). The van der Waals surface area contributed by atoms with Crippen LogP contribution >= 0.6 is 0 Å². The Labute approximate surface area is 134 Å². The van der Waals surface area contributed by atoms with Crippen LogP contribution in [0.15, 0.2) is 34.7 Å². The van der Waals surface area contributed by atoms with Crippen LogP contribution < -0.4 is 0 Å². The molecule has 0 aliphatic heterocycles. The fourth-order valence-corrected chi connectivity index (χ4v) is 4.96. The maximum Gasteiger partial charge on any atom is 0.155 e. The second-order valence-electron chi connectivity index (χ2n) is 8.04. The van der Waals surface area contributed by atoms with E-state index < -0.39 is 0 Å². The minimum atomic E-state index is 0.200. The minimum absolute atomic E-state index is 0.200. The normalized spacial score (nSPS) is 38.5. The van der Waals surface area contributed by atoms with Gasteiger partial charge in [-0.1, -0.05) is 26.3 Å². The summed E-state index contributed by atoms with van der Waals surface area (Å²) in [5, 5.41) is 0. The van der Waals surface area contributed by atoms with Crippen molar-refractivity contribution in [3.05, 3.63) is 35.8 Å². The lowest BCUT2D eigenvalue weighted by Gasteiger charge is -2.57. The summed E-state index contributed by atoms with van der Waals surface area (Å²) >= 11 is 0. The summed E-state index contributed by atoms with van der Waals surface area (Å²) in [5.74, 6) is 1.45. The summed E-state index contributed by atoms with van der Waals surface area (Å²) in [4.78, 5) is 12.2. The predicted octanol–water partition coefficient (Wildman–Crippen LogP) is 5.19. The number of ketones is 1. The average Bonchev–Trinajstić information content (AvgIpc) is 2.98. The maximum absolute atomic E-state index is 12.2. The summed E-state index contributed by atoms with van der Waals surface area (Å²) in [6.07, 6.45) is 10.9. The third-order valence-electron chi connectivity index (χ3n) is 7.00. The van der Waals surface area contributed by atoms with E-state index >= 15 is 0 Å². The molecule has 4 atom stereocenters. The first-order valence-corrected chi connectivity index (χ1v) is 8.59. The van der Waals surface area contributed by atoms with Gasteiger partial charge < -0.3 is 4.42 Å². The van der Waals surface area contributed by atoms with Crippen LogP contribution in [0.5, 0.6) is 0 Å². The number of hydrogen-bond acceptors (Lipinski definition) is 2. The number of furan rings is 1. The van der Waals surface area contributed by atoms with E-state index in [-0.39, 0.29) is 10.8 Å². The molecule has 0 N–H and O–H groups in total. The van der Waals surface area contributed by atoms with E-state index in [1.165, 1.54) is 24.0 Å². The van der Waals surface area contributed by atoms with E-state index in [0.717, 1.165) is 19.3 Å². The summed E-state index contributed by atoms with van der Waals surface area (Å²) in [6, 6.07) is 2.06. The minimum Gasteiger partial charge on any atom is -0.472 e. The Bertz CT molecular complexity index is 583. The van der Waals surface area contributed by atoms with E-state index in [2.05, 4.69) is 33.8 Å². The molecule has 0 radical (unpaired) electrons. The smallest absolute Gasteiger partial charge is 0.155 e. The standard InChI is InChI=1S/C20H28O2/c1-14-5-8-20(4)15(2)11-17(21)12-18(20)19(14,3)9-6-16-7-10-22-13-16/h7,10-11,13-14,18H,5-6,8-9,12H2,1-4H3. The number of hydrogen-bond donors (Lipinski definition) is 0. The van der Waals surface area contributed by atoms with Crippen molar-refractivity contribution in [2.45, 2.75) is 59.8 Å². The van der Waals surface area contributed by atoms with Crippen molar-refractivity contribution in [3.8, 4) is 0 Å². The maximum atomic E-state index is 12.2. The van der Waals surface area contributed by atoms with Crippen LogP contribution in [0, 0.1) is 22.7 Å². The SMILES string of the molecule is CC1=CC(=O)CC2C1(C)CCC(C)C2(C)CCc1ccoc1. The van der Waals surface area contributed by atoms with Gasteiger partial charge in [0.15, 0.2) is 5.78 Å². The first-order valence-electron chi connectivity index (χ1n) is 8.59. The first kappa shape index (κ1) is 15.6. The Hall–Kier alpha value is -1.31. The fraction of sp³-hybridized carbons (Fsp3) is 0.650. The lowest BCUT2D eigenvalue weighted by molar-refractivity contribution is -0.123. The molecule has 2 aliphatic rings. The summed E-state index contributed by atoms with van der Waals surface area (Å²) in [7, 11) is 0. The summed E-state index contributed by atoms with van der Waals surface area (Å²) < 4.78 is 5.21. The number of allylic oxidation sites excluding steroid dienone is 2. The Kier molecular flexibility index (Phi) is 3.82. The molecule has 1 aromatic rings. The topological polar surface area (TPSA) is 30.2 Å². The molecule has 0 aromatic carbocycles. The van der Waals surface area contributed by atoms with E-state index in [9.17, 15) is 4.79 Å². The molecule has 0 bridgehead atoms. The van der Waals surface area contributed by atoms with Crippen LogP contribution in [-0.2, 0) is 11.2 Å². The van der Waals surface area contributed by atoms with Gasteiger partial charge >= 0.3 is 0 Å². The fourth-order valence-electron chi connectivity index (χ4n) is 4.96. The molecule has 120 valence electrons. The van der Waals surface area contributed by atoms with Gasteiger partial charge in [0, 0.05) is 6.42 Å². The molecule has 2 nitrogen and oxygen atoms in total. The van der Waals surface area contributed by atoms with Gasteiger partial charge in [-0.15, -0.1) is 0 Å². The molecule has 22 heavy (non-hydrogen) atoms. The number of fused-ring (bicyclic) bond motifs is 1. The first-order chi connectivity index (χ1) is 10.4. The molecule has 0 amide bonds. The molecule has 2 heteroatoms. The van der Waals surface area contributed by atoms with Crippen molar-refractivity contribution < 1.29 is 9.21 Å². The second-order valence-corrected chi connectivity index (χ2v) is 8.04.